The predicted octanol–water partition coefficient (Wildman–Crippen LogP) is 4.16. The first-order valence-electron chi connectivity index (χ1n) is 8.20. The summed E-state index contributed by atoms with van der Waals surface area (Å²) in [7, 11) is 4.61. The summed E-state index contributed by atoms with van der Waals surface area (Å²) < 4.78 is 13.0. The number of rotatable bonds is 5. The first-order chi connectivity index (χ1) is 13.2. The van der Waals surface area contributed by atoms with Gasteiger partial charge in [-0.15, -0.1) is 10.2 Å². The molecule has 0 atom stereocenters. The SMILES string of the molecule is COc1ccccc1N=C1Nn2c(COc3ccc(C)cc3)nnc2SS1. The Balaban J connectivity index is 1.51. The molecule has 2 aromatic carbocycles. The van der Waals surface area contributed by atoms with E-state index in [4.69, 9.17) is 9.47 Å². The fraction of sp³-hybridized carbons (Fsp3) is 0.167. The van der Waals surface area contributed by atoms with Gasteiger partial charge in [0.15, 0.2) is 11.0 Å². The molecule has 4 rings (SSSR count). The Morgan fingerprint density at radius 1 is 1.07 bits per heavy atom. The van der Waals surface area contributed by atoms with E-state index in [1.54, 1.807) is 11.8 Å². The lowest BCUT2D eigenvalue weighted by atomic mass is 10.2. The average Bonchev–Trinajstić information content (AvgIpc) is 3.10. The van der Waals surface area contributed by atoms with E-state index < -0.39 is 0 Å². The Morgan fingerprint density at radius 3 is 2.70 bits per heavy atom. The summed E-state index contributed by atoms with van der Waals surface area (Å²) in [4.78, 5) is 4.64. The molecule has 138 valence electrons. The highest BCUT2D eigenvalue weighted by Gasteiger charge is 2.21. The number of ether oxygens (including phenoxy) is 2. The number of amidine groups is 1. The van der Waals surface area contributed by atoms with Gasteiger partial charge in [0.05, 0.1) is 7.11 Å². The van der Waals surface area contributed by atoms with Crippen LogP contribution in [0.25, 0.3) is 0 Å². The van der Waals surface area contributed by atoms with Crippen LogP contribution in [0.4, 0.5) is 5.69 Å². The lowest BCUT2D eigenvalue weighted by Gasteiger charge is -2.18. The van der Waals surface area contributed by atoms with Crippen molar-refractivity contribution in [3.8, 4) is 11.5 Å². The number of aliphatic imine (C=N–C) groups is 1. The molecule has 2 heterocycles. The molecule has 7 nitrogen and oxygen atoms in total. The predicted molar refractivity (Wildman–Crippen MR) is 108 cm³/mol. The molecule has 0 bridgehead atoms. The number of fused-ring (bicyclic) bond motifs is 1. The van der Waals surface area contributed by atoms with Crippen LogP contribution in [0.5, 0.6) is 11.5 Å². The molecule has 0 spiro atoms. The van der Waals surface area contributed by atoms with Gasteiger partial charge in [-0.05, 0) is 52.8 Å². The molecule has 1 N–H and O–H groups in total. The smallest absolute Gasteiger partial charge is 0.221 e. The molecule has 27 heavy (non-hydrogen) atoms. The van der Waals surface area contributed by atoms with E-state index in [2.05, 4.69) is 20.6 Å². The maximum atomic E-state index is 5.82. The number of aryl methyl sites for hydroxylation is 1. The third kappa shape index (κ3) is 4.04. The van der Waals surface area contributed by atoms with Gasteiger partial charge >= 0.3 is 0 Å². The maximum Gasteiger partial charge on any atom is 0.221 e. The molecular weight excluding hydrogens is 382 g/mol. The Hall–Kier alpha value is -2.65. The van der Waals surface area contributed by atoms with E-state index in [1.165, 1.54) is 27.2 Å². The van der Waals surface area contributed by atoms with Crippen molar-refractivity contribution >= 4 is 32.4 Å². The standard InChI is InChI=1S/C18H17N5O2S2/c1-12-7-9-13(10-8-12)25-11-16-20-21-18-23(16)22-17(26-27-18)19-14-5-3-4-6-15(14)24-2/h3-10H,11H2,1-2H3,(H,19,22). The molecule has 0 fully saturated rings. The fourth-order valence-corrected chi connectivity index (χ4v) is 4.13. The minimum Gasteiger partial charge on any atom is -0.494 e. The molecule has 9 heteroatoms. The average molecular weight is 400 g/mol. The van der Waals surface area contributed by atoms with Crippen LogP contribution in [-0.4, -0.2) is 27.2 Å². The number of nitrogens with zero attached hydrogens (tertiary/aromatic N) is 4. The fourth-order valence-electron chi connectivity index (χ4n) is 2.41. The van der Waals surface area contributed by atoms with Crippen LogP contribution in [0.2, 0.25) is 0 Å². The third-order valence-electron chi connectivity index (χ3n) is 3.80. The zero-order valence-electron chi connectivity index (χ0n) is 14.7. The lowest BCUT2D eigenvalue weighted by molar-refractivity contribution is 0.291. The Morgan fingerprint density at radius 2 is 1.89 bits per heavy atom. The number of hydrogen-bond donors (Lipinski definition) is 1. The van der Waals surface area contributed by atoms with Gasteiger partial charge in [-0.2, -0.15) is 0 Å². The molecule has 0 radical (unpaired) electrons. The first-order valence-corrected chi connectivity index (χ1v) is 10.3. The van der Waals surface area contributed by atoms with E-state index in [1.807, 2.05) is 55.5 Å². The summed E-state index contributed by atoms with van der Waals surface area (Å²) in [6, 6.07) is 15.5. The maximum absolute atomic E-state index is 5.82. The molecule has 1 aliphatic heterocycles. The van der Waals surface area contributed by atoms with Gasteiger partial charge in [0.25, 0.3) is 0 Å². The van der Waals surface area contributed by atoms with Gasteiger partial charge in [0, 0.05) is 0 Å². The highest BCUT2D eigenvalue weighted by Crippen LogP contribution is 2.36. The van der Waals surface area contributed by atoms with Crippen molar-refractivity contribution < 1.29 is 9.47 Å². The van der Waals surface area contributed by atoms with Gasteiger partial charge < -0.3 is 9.47 Å². The van der Waals surface area contributed by atoms with Crippen LogP contribution >= 0.6 is 21.6 Å². The number of para-hydroxylation sites is 2. The highest BCUT2D eigenvalue weighted by molar-refractivity contribution is 8.82. The van der Waals surface area contributed by atoms with Gasteiger partial charge in [0.1, 0.15) is 23.8 Å². The summed E-state index contributed by atoms with van der Waals surface area (Å²) in [5.41, 5.74) is 5.18. The highest BCUT2D eigenvalue weighted by atomic mass is 33.1. The summed E-state index contributed by atoms with van der Waals surface area (Å²) in [5, 5.41) is 9.88. The molecule has 0 unspecified atom stereocenters. The summed E-state index contributed by atoms with van der Waals surface area (Å²) in [6.45, 7) is 2.34. The minimum atomic E-state index is 0.302. The zero-order chi connectivity index (χ0) is 18.6. The number of hydrogen-bond acceptors (Lipinski definition) is 7. The van der Waals surface area contributed by atoms with Crippen LogP contribution in [0.3, 0.4) is 0 Å². The van der Waals surface area contributed by atoms with E-state index in [0.717, 1.165) is 22.3 Å². The Labute approximate surface area is 164 Å². The number of nitrogens with one attached hydrogen (secondary N) is 1. The molecule has 0 saturated heterocycles. The largest absolute Gasteiger partial charge is 0.494 e. The molecule has 1 aliphatic rings. The molecule has 0 saturated carbocycles. The van der Waals surface area contributed by atoms with E-state index >= 15 is 0 Å². The molecule has 0 aliphatic carbocycles. The van der Waals surface area contributed by atoms with E-state index in [9.17, 15) is 0 Å². The minimum absolute atomic E-state index is 0.302. The summed E-state index contributed by atoms with van der Waals surface area (Å²) in [6.07, 6.45) is 0. The quantitative estimate of drug-likeness (QED) is 0.646. The molecular formula is C18H17N5O2S2. The van der Waals surface area contributed by atoms with Crippen molar-refractivity contribution in [2.24, 2.45) is 4.99 Å². The summed E-state index contributed by atoms with van der Waals surface area (Å²) in [5.74, 6) is 2.18. The van der Waals surface area contributed by atoms with Crippen LogP contribution in [0.1, 0.15) is 11.4 Å². The Bertz CT molecular complexity index is 972. The number of aromatic nitrogens is 3. The van der Waals surface area contributed by atoms with Gasteiger partial charge in [-0.3, -0.25) is 5.43 Å². The van der Waals surface area contributed by atoms with Gasteiger partial charge in [0.2, 0.25) is 5.16 Å². The summed E-state index contributed by atoms with van der Waals surface area (Å²) >= 11 is 0. The van der Waals surface area contributed by atoms with E-state index in [0.29, 0.717) is 17.6 Å². The number of methoxy groups -OCH3 is 1. The molecule has 3 aromatic rings. The van der Waals surface area contributed by atoms with Gasteiger partial charge in [-0.25, -0.2) is 9.67 Å². The van der Waals surface area contributed by atoms with Crippen LogP contribution < -0.4 is 14.9 Å². The van der Waals surface area contributed by atoms with Crippen LogP contribution in [0.15, 0.2) is 58.7 Å². The van der Waals surface area contributed by atoms with Crippen molar-refractivity contribution in [2.75, 3.05) is 12.5 Å². The monoisotopic (exact) mass is 399 g/mol. The van der Waals surface area contributed by atoms with Crippen molar-refractivity contribution in [1.29, 1.82) is 0 Å². The lowest BCUT2D eigenvalue weighted by Crippen LogP contribution is -2.26. The number of benzene rings is 2. The van der Waals surface area contributed by atoms with Gasteiger partial charge in [-0.1, -0.05) is 29.8 Å². The van der Waals surface area contributed by atoms with Crippen LogP contribution in [-0.2, 0) is 6.61 Å². The van der Waals surface area contributed by atoms with Crippen molar-refractivity contribution in [3.05, 3.63) is 59.9 Å². The first kappa shape index (κ1) is 17.7. The topological polar surface area (TPSA) is 73.6 Å². The van der Waals surface area contributed by atoms with Crippen LogP contribution in [0, 0.1) is 6.92 Å². The zero-order valence-corrected chi connectivity index (χ0v) is 16.4. The second-order valence-electron chi connectivity index (χ2n) is 5.70. The van der Waals surface area contributed by atoms with Crippen molar-refractivity contribution in [1.82, 2.24) is 14.9 Å². The second-order valence-corrected chi connectivity index (χ2v) is 7.79. The van der Waals surface area contributed by atoms with Crippen molar-refractivity contribution in [2.45, 2.75) is 18.7 Å². The van der Waals surface area contributed by atoms with E-state index in [-0.39, 0.29) is 0 Å². The van der Waals surface area contributed by atoms with Crippen molar-refractivity contribution in [3.63, 3.8) is 0 Å². The second kappa shape index (κ2) is 7.93. The third-order valence-corrected chi connectivity index (χ3v) is 5.81. The molecule has 0 amide bonds. The molecule has 1 aromatic heterocycles. The Kier molecular flexibility index (Phi) is 5.21. The normalized spacial score (nSPS) is 14.5.